The third-order valence-electron chi connectivity index (χ3n) is 2.35. The van der Waals surface area contributed by atoms with Gasteiger partial charge in [0.1, 0.15) is 17.8 Å². The van der Waals surface area contributed by atoms with Gasteiger partial charge in [-0.15, -0.1) is 5.10 Å². The second kappa shape index (κ2) is 4.92. The van der Waals surface area contributed by atoms with E-state index < -0.39 is 0 Å². The minimum Gasteiger partial charge on any atom is -0.438 e. The molecule has 0 unspecified atom stereocenters. The van der Waals surface area contributed by atoms with Gasteiger partial charge >= 0.3 is 0 Å². The summed E-state index contributed by atoms with van der Waals surface area (Å²) in [5, 5.41) is 7.53. The fourth-order valence-corrected chi connectivity index (χ4v) is 1.42. The monoisotopic (exact) mass is 236 g/mol. The van der Waals surface area contributed by atoms with Crippen LogP contribution >= 0.6 is 0 Å². The molecule has 0 fully saturated rings. The van der Waals surface area contributed by atoms with Crippen LogP contribution in [0.15, 0.2) is 24.4 Å². The number of benzene rings is 1. The molecule has 0 atom stereocenters. The smallest absolute Gasteiger partial charge is 0.238 e. The standard InChI is InChI=1S/C11H13FN4O/c1-2-16-11(7-14-15-16)17-9-4-3-8(6-13)10(12)5-9/h3-5,7H,2,6,13H2,1H3. The average molecular weight is 236 g/mol. The summed E-state index contributed by atoms with van der Waals surface area (Å²) < 4.78 is 20.5. The van der Waals surface area contributed by atoms with E-state index in [2.05, 4.69) is 10.3 Å². The van der Waals surface area contributed by atoms with Crippen LogP contribution in [0.3, 0.4) is 0 Å². The number of halogens is 1. The number of hydrogen-bond donors (Lipinski definition) is 1. The molecular weight excluding hydrogens is 223 g/mol. The van der Waals surface area contributed by atoms with E-state index in [1.165, 1.54) is 12.3 Å². The normalized spacial score (nSPS) is 10.5. The molecular formula is C11H13FN4O. The van der Waals surface area contributed by atoms with E-state index in [0.29, 0.717) is 23.7 Å². The molecule has 1 aromatic heterocycles. The molecule has 5 nitrogen and oxygen atoms in total. The molecule has 0 radical (unpaired) electrons. The Labute approximate surface area is 98.0 Å². The zero-order valence-corrected chi connectivity index (χ0v) is 9.43. The number of hydrogen-bond acceptors (Lipinski definition) is 4. The van der Waals surface area contributed by atoms with Crippen LogP contribution < -0.4 is 10.5 Å². The molecule has 2 rings (SSSR count). The largest absolute Gasteiger partial charge is 0.438 e. The van der Waals surface area contributed by atoms with Crippen molar-refractivity contribution in [3.63, 3.8) is 0 Å². The summed E-state index contributed by atoms with van der Waals surface area (Å²) in [6.07, 6.45) is 1.48. The van der Waals surface area contributed by atoms with E-state index >= 15 is 0 Å². The van der Waals surface area contributed by atoms with Crippen LogP contribution in [-0.4, -0.2) is 15.0 Å². The number of ether oxygens (including phenoxy) is 1. The first kappa shape index (κ1) is 11.5. The quantitative estimate of drug-likeness (QED) is 0.877. The molecule has 0 spiro atoms. The SMILES string of the molecule is CCn1nncc1Oc1ccc(CN)c(F)c1. The lowest BCUT2D eigenvalue weighted by atomic mass is 10.2. The predicted molar refractivity (Wildman–Crippen MR) is 60.1 cm³/mol. The van der Waals surface area contributed by atoms with Crippen LogP contribution in [0, 0.1) is 5.82 Å². The lowest BCUT2D eigenvalue weighted by Gasteiger charge is -2.07. The van der Waals surface area contributed by atoms with Crippen LogP contribution in [0.1, 0.15) is 12.5 Å². The number of nitrogens with zero attached hydrogens (tertiary/aromatic N) is 3. The molecule has 0 saturated carbocycles. The van der Waals surface area contributed by atoms with Gasteiger partial charge in [0.05, 0.1) is 0 Å². The zero-order chi connectivity index (χ0) is 12.3. The zero-order valence-electron chi connectivity index (χ0n) is 9.43. The first-order valence-electron chi connectivity index (χ1n) is 5.29. The Hall–Kier alpha value is -1.95. The van der Waals surface area contributed by atoms with Crippen molar-refractivity contribution in [2.24, 2.45) is 5.73 Å². The van der Waals surface area contributed by atoms with Gasteiger partial charge in [-0.2, -0.15) is 0 Å². The van der Waals surface area contributed by atoms with Crippen LogP contribution in [0.25, 0.3) is 0 Å². The number of rotatable bonds is 4. The molecule has 0 saturated heterocycles. The van der Waals surface area contributed by atoms with Crippen LogP contribution in [-0.2, 0) is 13.1 Å². The fourth-order valence-electron chi connectivity index (χ4n) is 1.42. The van der Waals surface area contributed by atoms with Gasteiger partial charge in [0, 0.05) is 24.7 Å². The topological polar surface area (TPSA) is 66.0 Å². The molecule has 0 aliphatic rings. The van der Waals surface area contributed by atoms with Gasteiger partial charge in [-0.3, -0.25) is 0 Å². The first-order valence-corrected chi connectivity index (χ1v) is 5.29. The fraction of sp³-hybridized carbons (Fsp3) is 0.273. The van der Waals surface area contributed by atoms with Crippen LogP contribution in [0.4, 0.5) is 4.39 Å². The summed E-state index contributed by atoms with van der Waals surface area (Å²) in [5.74, 6) is 0.504. The molecule has 0 aliphatic carbocycles. The predicted octanol–water partition coefficient (Wildman–Crippen LogP) is 1.69. The summed E-state index contributed by atoms with van der Waals surface area (Å²) in [4.78, 5) is 0. The highest BCUT2D eigenvalue weighted by molar-refractivity contribution is 5.31. The van der Waals surface area contributed by atoms with Gasteiger partial charge in [-0.1, -0.05) is 11.3 Å². The number of aromatic nitrogens is 3. The summed E-state index contributed by atoms with van der Waals surface area (Å²) >= 11 is 0. The lowest BCUT2D eigenvalue weighted by Crippen LogP contribution is -2.02. The summed E-state index contributed by atoms with van der Waals surface area (Å²) in [5.41, 5.74) is 5.84. The van der Waals surface area contributed by atoms with Gasteiger partial charge in [0.2, 0.25) is 5.88 Å². The van der Waals surface area contributed by atoms with Crippen molar-refractivity contribution >= 4 is 0 Å². The summed E-state index contributed by atoms with van der Waals surface area (Å²) in [6.45, 7) is 2.72. The van der Waals surface area contributed by atoms with Crippen molar-refractivity contribution in [3.8, 4) is 11.6 Å². The molecule has 0 amide bonds. The second-order valence-electron chi connectivity index (χ2n) is 3.45. The van der Waals surface area contributed by atoms with Crippen molar-refractivity contribution in [2.75, 3.05) is 0 Å². The van der Waals surface area contributed by atoms with E-state index in [9.17, 15) is 4.39 Å². The van der Waals surface area contributed by atoms with E-state index in [-0.39, 0.29) is 12.4 Å². The van der Waals surface area contributed by atoms with Crippen molar-refractivity contribution in [3.05, 3.63) is 35.8 Å². The Morgan fingerprint density at radius 1 is 1.47 bits per heavy atom. The maximum atomic E-state index is 13.5. The van der Waals surface area contributed by atoms with Crippen molar-refractivity contribution in [2.45, 2.75) is 20.0 Å². The van der Waals surface area contributed by atoms with Crippen LogP contribution in [0.2, 0.25) is 0 Å². The Kier molecular flexibility index (Phi) is 3.34. The molecule has 1 heterocycles. The summed E-state index contributed by atoms with van der Waals surface area (Å²) in [7, 11) is 0. The van der Waals surface area contributed by atoms with Gasteiger partial charge in [-0.25, -0.2) is 9.07 Å². The number of aryl methyl sites for hydroxylation is 1. The van der Waals surface area contributed by atoms with Gasteiger partial charge < -0.3 is 10.5 Å². The maximum Gasteiger partial charge on any atom is 0.238 e. The van der Waals surface area contributed by atoms with Gasteiger partial charge in [0.15, 0.2) is 0 Å². The van der Waals surface area contributed by atoms with Gasteiger partial charge in [0.25, 0.3) is 0 Å². The first-order chi connectivity index (χ1) is 8.24. The molecule has 0 bridgehead atoms. The third-order valence-corrected chi connectivity index (χ3v) is 2.35. The summed E-state index contributed by atoms with van der Waals surface area (Å²) in [6, 6.07) is 4.57. The van der Waals surface area contributed by atoms with Crippen LogP contribution in [0.5, 0.6) is 11.6 Å². The van der Waals surface area contributed by atoms with Crippen molar-refractivity contribution < 1.29 is 9.13 Å². The highest BCUT2D eigenvalue weighted by Crippen LogP contribution is 2.22. The molecule has 90 valence electrons. The Bertz CT molecular complexity index is 512. The van der Waals surface area contributed by atoms with Crippen molar-refractivity contribution in [1.29, 1.82) is 0 Å². The Balaban J connectivity index is 2.22. The van der Waals surface area contributed by atoms with E-state index in [0.717, 1.165) is 0 Å². The van der Waals surface area contributed by atoms with E-state index in [4.69, 9.17) is 10.5 Å². The van der Waals surface area contributed by atoms with E-state index in [1.54, 1.807) is 16.8 Å². The van der Waals surface area contributed by atoms with E-state index in [1.807, 2.05) is 6.92 Å². The Morgan fingerprint density at radius 2 is 2.29 bits per heavy atom. The average Bonchev–Trinajstić information content (AvgIpc) is 2.76. The minimum atomic E-state index is -0.375. The molecule has 2 N–H and O–H groups in total. The highest BCUT2D eigenvalue weighted by atomic mass is 19.1. The molecule has 2 aromatic rings. The molecule has 17 heavy (non-hydrogen) atoms. The molecule has 6 heteroatoms. The number of nitrogens with two attached hydrogens (primary N) is 1. The second-order valence-corrected chi connectivity index (χ2v) is 3.45. The Morgan fingerprint density at radius 3 is 2.94 bits per heavy atom. The molecule has 1 aromatic carbocycles. The minimum absolute atomic E-state index is 0.167. The highest BCUT2D eigenvalue weighted by Gasteiger charge is 2.07. The third kappa shape index (κ3) is 2.42. The molecule has 0 aliphatic heterocycles. The van der Waals surface area contributed by atoms with Crippen molar-refractivity contribution in [1.82, 2.24) is 15.0 Å². The van der Waals surface area contributed by atoms with Gasteiger partial charge in [-0.05, 0) is 13.0 Å². The maximum absolute atomic E-state index is 13.5. The lowest BCUT2D eigenvalue weighted by molar-refractivity contribution is 0.412.